The van der Waals surface area contributed by atoms with Gasteiger partial charge in [0.05, 0.1) is 23.0 Å². The zero-order chi connectivity index (χ0) is 22.3. The van der Waals surface area contributed by atoms with Gasteiger partial charge in [-0.25, -0.2) is 8.78 Å². The molecule has 0 unspecified atom stereocenters. The van der Waals surface area contributed by atoms with Gasteiger partial charge < -0.3 is 9.88 Å². The largest absolute Gasteiger partial charge is 0.336 e. The topological polar surface area (TPSA) is 68.9 Å². The number of nitrogens with zero attached hydrogens (tertiary/aromatic N) is 3. The molecule has 2 aromatic heterocycles. The Morgan fingerprint density at radius 2 is 1.77 bits per heavy atom. The maximum atomic E-state index is 13.9. The summed E-state index contributed by atoms with van der Waals surface area (Å²) in [4.78, 5) is 26.0. The molecule has 8 heteroatoms. The van der Waals surface area contributed by atoms with Crippen LogP contribution >= 0.6 is 0 Å². The summed E-state index contributed by atoms with van der Waals surface area (Å²) in [6.45, 7) is 5.17. The Morgan fingerprint density at radius 3 is 2.48 bits per heavy atom. The van der Waals surface area contributed by atoms with E-state index in [1.807, 2.05) is 18.2 Å². The highest BCUT2D eigenvalue weighted by atomic mass is 19.1. The van der Waals surface area contributed by atoms with E-state index in [-0.39, 0.29) is 11.2 Å². The molecule has 1 amide bonds. The lowest BCUT2D eigenvalue weighted by atomic mass is 10.2. The maximum Gasteiger partial charge on any atom is 0.281 e. The van der Waals surface area contributed by atoms with Gasteiger partial charge in [-0.05, 0) is 45.0 Å². The number of aromatic nitrogens is 3. The third kappa shape index (κ3) is 3.50. The van der Waals surface area contributed by atoms with Crippen molar-refractivity contribution in [1.82, 2.24) is 14.3 Å². The van der Waals surface area contributed by atoms with E-state index in [2.05, 4.69) is 10.4 Å². The Bertz CT molecular complexity index is 1360. The Labute approximate surface area is 176 Å². The van der Waals surface area contributed by atoms with E-state index in [9.17, 15) is 18.4 Å². The van der Waals surface area contributed by atoms with Gasteiger partial charge in [-0.3, -0.25) is 9.59 Å². The third-order valence-corrected chi connectivity index (χ3v) is 5.41. The Kier molecular flexibility index (Phi) is 5.14. The van der Waals surface area contributed by atoms with Gasteiger partial charge >= 0.3 is 0 Å². The molecule has 1 atom stereocenters. The van der Waals surface area contributed by atoms with Gasteiger partial charge in [0.15, 0.2) is 0 Å². The van der Waals surface area contributed by atoms with Crippen molar-refractivity contribution in [3.05, 3.63) is 88.1 Å². The minimum Gasteiger partial charge on any atom is -0.336 e. The molecule has 0 aliphatic heterocycles. The molecule has 0 aliphatic rings. The lowest BCUT2D eigenvalue weighted by molar-refractivity contribution is -0.118. The van der Waals surface area contributed by atoms with Crippen molar-refractivity contribution in [3.8, 4) is 5.69 Å². The van der Waals surface area contributed by atoms with Crippen LogP contribution in [0.25, 0.3) is 16.5 Å². The molecule has 2 heterocycles. The molecular formula is C23H20F2N4O2. The van der Waals surface area contributed by atoms with Crippen molar-refractivity contribution in [2.24, 2.45) is 0 Å². The van der Waals surface area contributed by atoms with Crippen LogP contribution in [0.4, 0.5) is 14.5 Å². The second kappa shape index (κ2) is 7.79. The third-order valence-electron chi connectivity index (χ3n) is 5.41. The number of halogens is 2. The fourth-order valence-electron chi connectivity index (χ4n) is 3.86. The van der Waals surface area contributed by atoms with Crippen LogP contribution in [0.3, 0.4) is 0 Å². The summed E-state index contributed by atoms with van der Waals surface area (Å²) in [5.41, 5.74) is 1.36. The van der Waals surface area contributed by atoms with Gasteiger partial charge in [-0.15, -0.1) is 0 Å². The quantitative estimate of drug-likeness (QED) is 0.534. The fourth-order valence-corrected chi connectivity index (χ4v) is 3.86. The number of carbonyl (C=O) groups excluding carboxylic acids is 1. The monoisotopic (exact) mass is 422 g/mol. The zero-order valence-corrected chi connectivity index (χ0v) is 17.2. The van der Waals surface area contributed by atoms with Crippen molar-refractivity contribution in [3.63, 3.8) is 0 Å². The van der Waals surface area contributed by atoms with Crippen LogP contribution in [-0.2, 0) is 4.79 Å². The number of anilines is 1. The van der Waals surface area contributed by atoms with Crippen LogP contribution in [0.15, 0.2) is 59.5 Å². The number of amides is 1. The predicted molar refractivity (Wildman–Crippen MR) is 115 cm³/mol. The summed E-state index contributed by atoms with van der Waals surface area (Å²) in [5, 5.41) is 7.79. The summed E-state index contributed by atoms with van der Waals surface area (Å²) in [5.74, 6) is -1.92. The molecule has 2 aromatic carbocycles. The molecule has 0 fully saturated rings. The second-order valence-electron chi connectivity index (χ2n) is 7.32. The summed E-state index contributed by atoms with van der Waals surface area (Å²) < 4.78 is 30.4. The number of carbonyl (C=O) groups is 1. The van der Waals surface area contributed by atoms with Crippen molar-refractivity contribution < 1.29 is 13.6 Å². The number of hydrogen-bond acceptors (Lipinski definition) is 3. The maximum absolute atomic E-state index is 13.9. The molecule has 0 bridgehead atoms. The summed E-state index contributed by atoms with van der Waals surface area (Å²) in [7, 11) is 0. The van der Waals surface area contributed by atoms with Gasteiger partial charge in [0.25, 0.3) is 5.56 Å². The molecule has 0 saturated carbocycles. The van der Waals surface area contributed by atoms with E-state index < -0.39 is 23.6 Å². The SMILES string of the molecule is Cc1c2cnn(-c3ccccc3)c(=O)c2c(C)n1[C@H](C)C(=O)Nc1cc(F)ccc1F. The first-order chi connectivity index (χ1) is 14.8. The smallest absolute Gasteiger partial charge is 0.281 e. The number of rotatable bonds is 4. The van der Waals surface area contributed by atoms with Crippen LogP contribution < -0.4 is 10.9 Å². The van der Waals surface area contributed by atoms with E-state index in [0.29, 0.717) is 27.8 Å². The Balaban J connectivity index is 1.77. The molecule has 1 N–H and O–H groups in total. The summed E-state index contributed by atoms with van der Waals surface area (Å²) >= 11 is 0. The first kappa shape index (κ1) is 20.5. The number of para-hydroxylation sites is 1. The standard InChI is InChI=1S/C23H20F2N4O2/c1-13-18-12-26-29(17-7-5-4-6-8-17)23(31)21(18)14(2)28(13)15(3)22(30)27-20-11-16(24)9-10-19(20)25/h4-12,15H,1-3H3,(H,27,30)/t15-/m1/s1. The predicted octanol–water partition coefficient (Wildman–Crippen LogP) is 4.28. The van der Waals surface area contributed by atoms with Crippen molar-refractivity contribution in [2.75, 3.05) is 5.32 Å². The molecule has 4 aromatic rings. The van der Waals surface area contributed by atoms with Crippen molar-refractivity contribution >= 4 is 22.4 Å². The van der Waals surface area contributed by atoms with E-state index in [4.69, 9.17) is 0 Å². The lowest BCUT2D eigenvalue weighted by Gasteiger charge is -2.18. The Morgan fingerprint density at radius 1 is 1.06 bits per heavy atom. The highest BCUT2D eigenvalue weighted by Crippen LogP contribution is 2.27. The van der Waals surface area contributed by atoms with Gasteiger partial charge in [-0.2, -0.15) is 9.78 Å². The number of nitrogens with one attached hydrogen (secondary N) is 1. The second-order valence-corrected chi connectivity index (χ2v) is 7.32. The highest BCUT2D eigenvalue weighted by Gasteiger charge is 2.24. The number of aryl methyl sites for hydroxylation is 2. The molecular weight excluding hydrogens is 402 g/mol. The molecule has 0 aliphatic carbocycles. The van der Waals surface area contributed by atoms with Crippen LogP contribution in [0.2, 0.25) is 0 Å². The first-order valence-corrected chi connectivity index (χ1v) is 9.70. The summed E-state index contributed by atoms with van der Waals surface area (Å²) in [6.07, 6.45) is 1.60. The molecule has 4 rings (SSSR count). The van der Waals surface area contributed by atoms with Crippen molar-refractivity contribution in [1.29, 1.82) is 0 Å². The van der Waals surface area contributed by atoms with E-state index in [1.165, 1.54) is 4.68 Å². The molecule has 0 radical (unpaired) electrons. The lowest BCUT2D eigenvalue weighted by Crippen LogP contribution is -2.26. The molecule has 0 spiro atoms. The fraction of sp³-hybridized carbons (Fsp3) is 0.174. The van der Waals surface area contributed by atoms with Gasteiger partial charge in [-0.1, -0.05) is 18.2 Å². The molecule has 158 valence electrons. The van der Waals surface area contributed by atoms with E-state index in [0.717, 1.165) is 18.2 Å². The zero-order valence-electron chi connectivity index (χ0n) is 17.2. The molecule has 6 nitrogen and oxygen atoms in total. The first-order valence-electron chi connectivity index (χ1n) is 9.70. The minimum atomic E-state index is -0.778. The van der Waals surface area contributed by atoms with E-state index >= 15 is 0 Å². The van der Waals surface area contributed by atoms with Crippen LogP contribution in [0.1, 0.15) is 24.4 Å². The van der Waals surface area contributed by atoms with Crippen LogP contribution in [-0.4, -0.2) is 20.3 Å². The average Bonchev–Trinajstić information content (AvgIpc) is 3.01. The average molecular weight is 422 g/mol. The van der Waals surface area contributed by atoms with Crippen molar-refractivity contribution in [2.45, 2.75) is 26.8 Å². The highest BCUT2D eigenvalue weighted by molar-refractivity contribution is 5.95. The van der Waals surface area contributed by atoms with Crippen LogP contribution in [0.5, 0.6) is 0 Å². The summed E-state index contributed by atoms with van der Waals surface area (Å²) in [6, 6.07) is 11.1. The Hall–Kier alpha value is -3.81. The van der Waals surface area contributed by atoms with Crippen LogP contribution in [0, 0.1) is 25.5 Å². The van der Waals surface area contributed by atoms with E-state index in [1.54, 1.807) is 43.7 Å². The number of hydrogen-bond donors (Lipinski definition) is 1. The number of fused-ring (bicyclic) bond motifs is 1. The van der Waals surface area contributed by atoms with Gasteiger partial charge in [0.1, 0.15) is 17.7 Å². The number of benzene rings is 2. The molecule has 31 heavy (non-hydrogen) atoms. The van der Waals surface area contributed by atoms with Gasteiger partial charge in [0, 0.05) is 22.8 Å². The minimum absolute atomic E-state index is 0.239. The van der Waals surface area contributed by atoms with Gasteiger partial charge in [0.2, 0.25) is 5.91 Å². The normalized spacial score (nSPS) is 12.2. The molecule has 0 saturated heterocycles.